The molecule has 0 aliphatic heterocycles. The van der Waals surface area contributed by atoms with E-state index in [9.17, 15) is 20.4 Å². The molecule has 3 aromatic rings. The summed E-state index contributed by atoms with van der Waals surface area (Å²) in [7, 11) is 0. The maximum Gasteiger partial charge on any atom is 0.303 e. The molecule has 36 heavy (non-hydrogen) atoms. The first-order valence-electron chi connectivity index (χ1n) is 12.3. The number of unbranched alkanes of at least 4 members (excludes halogenated alkanes) is 2. The number of carbonyl (C=O) groups is 1. The third-order valence-electron chi connectivity index (χ3n) is 7.23. The summed E-state index contributed by atoms with van der Waals surface area (Å²) in [4.78, 5) is 10.7. The number of rotatable bonds is 7. The molecule has 0 aromatic heterocycles. The van der Waals surface area contributed by atoms with E-state index in [1.165, 1.54) is 0 Å². The van der Waals surface area contributed by atoms with E-state index < -0.39 is 5.97 Å². The van der Waals surface area contributed by atoms with Gasteiger partial charge in [-0.05, 0) is 114 Å². The minimum atomic E-state index is -0.769. The molecular formula is C30H26N2O4. The average Bonchev–Trinajstić information content (AvgIpc) is 2.88. The van der Waals surface area contributed by atoms with Gasteiger partial charge in [-0.2, -0.15) is 10.5 Å². The van der Waals surface area contributed by atoms with Crippen molar-refractivity contribution >= 4 is 5.97 Å². The zero-order valence-corrected chi connectivity index (χ0v) is 19.9. The van der Waals surface area contributed by atoms with Crippen LogP contribution in [0.4, 0.5) is 0 Å². The molecule has 5 rings (SSSR count). The lowest BCUT2D eigenvalue weighted by Gasteiger charge is -2.31. The molecule has 0 amide bonds. The lowest BCUT2D eigenvalue weighted by molar-refractivity contribution is -0.137. The van der Waals surface area contributed by atoms with Gasteiger partial charge in [-0.3, -0.25) is 4.79 Å². The Bertz CT molecular complexity index is 1460. The Hall–Kier alpha value is -4.29. The summed E-state index contributed by atoms with van der Waals surface area (Å²) >= 11 is 0. The van der Waals surface area contributed by atoms with Crippen LogP contribution in [0.5, 0.6) is 11.5 Å². The normalized spacial score (nSPS) is 12.8. The Morgan fingerprint density at radius 3 is 2.06 bits per heavy atom. The molecule has 6 nitrogen and oxygen atoms in total. The fourth-order valence-corrected chi connectivity index (χ4v) is 5.60. The highest BCUT2D eigenvalue weighted by Gasteiger charge is 2.31. The summed E-state index contributed by atoms with van der Waals surface area (Å²) in [6, 6.07) is 16.1. The van der Waals surface area contributed by atoms with Gasteiger partial charge in [-0.1, -0.05) is 12.1 Å². The number of fused-ring (bicyclic) bond motifs is 7. The first-order valence-corrected chi connectivity index (χ1v) is 12.3. The highest BCUT2D eigenvalue weighted by molar-refractivity contribution is 5.95. The number of nitrogens with zero attached hydrogens (tertiary/aromatic N) is 2. The third-order valence-corrected chi connectivity index (χ3v) is 7.23. The maximum atomic E-state index is 10.7. The van der Waals surface area contributed by atoms with Crippen LogP contribution in [0.25, 0.3) is 22.3 Å². The summed E-state index contributed by atoms with van der Waals surface area (Å²) in [5, 5.41) is 38.9. The van der Waals surface area contributed by atoms with Gasteiger partial charge in [0.15, 0.2) is 0 Å². The van der Waals surface area contributed by atoms with Crippen LogP contribution in [0, 0.1) is 22.7 Å². The molecule has 2 N–H and O–H groups in total. The molecule has 0 heterocycles. The highest BCUT2D eigenvalue weighted by Crippen LogP contribution is 2.49. The first kappa shape index (κ1) is 23.5. The van der Waals surface area contributed by atoms with Gasteiger partial charge in [0.1, 0.15) is 23.6 Å². The molecule has 0 spiro atoms. The van der Waals surface area contributed by atoms with Gasteiger partial charge in [0.2, 0.25) is 0 Å². The van der Waals surface area contributed by atoms with E-state index in [2.05, 4.69) is 24.3 Å². The number of phenolic OH excluding ortho intramolecular Hbond substituents is 1. The highest BCUT2D eigenvalue weighted by atomic mass is 16.5. The van der Waals surface area contributed by atoms with Crippen LogP contribution < -0.4 is 4.74 Å². The molecule has 0 radical (unpaired) electrons. The van der Waals surface area contributed by atoms with E-state index in [1.807, 2.05) is 12.1 Å². The molecule has 2 aliphatic carbocycles. The van der Waals surface area contributed by atoms with Crippen LogP contribution in [0.15, 0.2) is 36.4 Å². The number of nitriles is 2. The van der Waals surface area contributed by atoms with Crippen LogP contribution in [-0.4, -0.2) is 22.8 Å². The SMILES string of the molecule is N#Cc1c(C#N)c2c(c3c1CCc1cc(O)ccc1-3)-c1ccc(OCCCCCC(=O)O)cc1CC2. The summed E-state index contributed by atoms with van der Waals surface area (Å²) in [5.41, 5.74) is 9.11. The van der Waals surface area contributed by atoms with Crippen molar-refractivity contribution in [2.45, 2.75) is 51.4 Å². The summed E-state index contributed by atoms with van der Waals surface area (Å²) < 4.78 is 5.96. The van der Waals surface area contributed by atoms with Crippen molar-refractivity contribution in [1.29, 1.82) is 10.5 Å². The average molecular weight is 479 g/mol. The standard InChI is InChI=1S/C30H26N2O4/c31-16-26-24-9-5-18-14-20(33)7-11-22(18)29(24)30-23-12-8-21(36-13-3-1-2-4-28(34)35)15-19(23)6-10-25(30)27(26)17-32/h7-8,11-12,14-15,33H,1-6,9-10,13H2,(H,34,35). The Labute approximate surface area is 210 Å². The largest absolute Gasteiger partial charge is 0.508 e. The van der Waals surface area contributed by atoms with E-state index in [-0.39, 0.29) is 12.2 Å². The van der Waals surface area contributed by atoms with E-state index in [4.69, 9.17) is 9.84 Å². The minimum Gasteiger partial charge on any atom is -0.508 e. The molecule has 2 aliphatic rings. The maximum absolute atomic E-state index is 10.7. The van der Waals surface area contributed by atoms with Crippen molar-refractivity contribution in [2.24, 2.45) is 0 Å². The molecule has 6 heteroatoms. The fourth-order valence-electron chi connectivity index (χ4n) is 5.60. The van der Waals surface area contributed by atoms with Crippen LogP contribution in [0.1, 0.15) is 59.1 Å². The van der Waals surface area contributed by atoms with Crippen molar-refractivity contribution in [3.8, 4) is 45.9 Å². The van der Waals surface area contributed by atoms with Gasteiger partial charge in [0.05, 0.1) is 17.7 Å². The van der Waals surface area contributed by atoms with Crippen LogP contribution in [0.2, 0.25) is 0 Å². The number of aliphatic carboxylic acids is 1. The Balaban J connectivity index is 1.54. The van der Waals surface area contributed by atoms with Gasteiger partial charge in [0, 0.05) is 6.42 Å². The molecule has 180 valence electrons. The Morgan fingerprint density at radius 2 is 1.44 bits per heavy atom. The molecular weight excluding hydrogens is 452 g/mol. The number of hydrogen-bond donors (Lipinski definition) is 2. The van der Waals surface area contributed by atoms with Crippen LogP contribution in [0.3, 0.4) is 0 Å². The monoisotopic (exact) mass is 478 g/mol. The van der Waals surface area contributed by atoms with Crippen molar-refractivity contribution in [2.75, 3.05) is 6.61 Å². The van der Waals surface area contributed by atoms with Crippen molar-refractivity contribution in [3.63, 3.8) is 0 Å². The number of carboxylic acids is 1. The topological polar surface area (TPSA) is 114 Å². The van der Waals surface area contributed by atoms with Gasteiger partial charge in [-0.15, -0.1) is 0 Å². The molecule has 0 bridgehead atoms. The molecule has 0 saturated heterocycles. The second kappa shape index (κ2) is 9.76. The number of aromatic hydroxyl groups is 1. The predicted octanol–water partition coefficient (Wildman–Crippen LogP) is 5.69. The Kier molecular flexibility index (Phi) is 6.36. The number of carboxylic acid groups (broad SMARTS) is 1. The predicted molar refractivity (Wildman–Crippen MR) is 135 cm³/mol. The second-order valence-corrected chi connectivity index (χ2v) is 9.39. The number of benzene rings is 3. The van der Waals surface area contributed by atoms with Crippen molar-refractivity contribution in [3.05, 3.63) is 69.8 Å². The number of hydrogen-bond acceptors (Lipinski definition) is 5. The lowest BCUT2D eigenvalue weighted by Crippen LogP contribution is -2.15. The van der Waals surface area contributed by atoms with E-state index in [0.717, 1.165) is 69.5 Å². The summed E-state index contributed by atoms with van der Waals surface area (Å²) in [6.07, 6.45) is 5.21. The number of aryl methyl sites for hydroxylation is 2. The van der Waals surface area contributed by atoms with E-state index in [1.54, 1.807) is 12.1 Å². The van der Waals surface area contributed by atoms with Crippen LogP contribution in [-0.2, 0) is 30.5 Å². The van der Waals surface area contributed by atoms with E-state index in [0.29, 0.717) is 43.4 Å². The quantitative estimate of drug-likeness (QED) is 0.422. The fraction of sp³-hybridized carbons (Fsp3) is 0.300. The zero-order valence-electron chi connectivity index (χ0n) is 19.9. The van der Waals surface area contributed by atoms with Crippen LogP contribution >= 0.6 is 0 Å². The number of phenols is 1. The van der Waals surface area contributed by atoms with Gasteiger partial charge in [0.25, 0.3) is 0 Å². The van der Waals surface area contributed by atoms with Gasteiger partial charge < -0.3 is 14.9 Å². The molecule has 0 saturated carbocycles. The molecule has 0 unspecified atom stereocenters. The first-order chi connectivity index (χ1) is 17.5. The van der Waals surface area contributed by atoms with Crippen molar-refractivity contribution in [1.82, 2.24) is 0 Å². The summed E-state index contributed by atoms with van der Waals surface area (Å²) in [5.74, 6) is 0.239. The summed E-state index contributed by atoms with van der Waals surface area (Å²) in [6.45, 7) is 0.533. The van der Waals surface area contributed by atoms with E-state index >= 15 is 0 Å². The molecule has 3 aromatic carbocycles. The minimum absolute atomic E-state index is 0.184. The zero-order chi connectivity index (χ0) is 25.2. The molecule has 0 fully saturated rings. The van der Waals surface area contributed by atoms with Gasteiger partial charge in [-0.25, -0.2) is 0 Å². The second-order valence-electron chi connectivity index (χ2n) is 9.39. The van der Waals surface area contributed by atoms with Crippen molar-refractivity contribution < 1.29 is 19.7 Å². The smallest absolute Gasteiger partial charge is 0.303 e. The Morgan fingerprint density at radius 1 is 0.833 bits per heavy atom. The third kappa shape index (κ3) is 4.16. The van der Waals surface area contributed by atoms with Gasteiger partial charge >= 0.3 is 5.97 Å². The number of ether oxygens (including phenoxy) is 1. The lowest BCUT2D eigenvalue weighted by atomic mass is 9.72. The molecule has 0 atom stereocenters.